The summed E-state index contributed by atoms with van der Waals surface area (Å²) in [5.74, 6) is -2.57. The van der Waals surface area contributed by atoms with Crippen molar-refractivity contribution in [2.45, 2.75) is 29.9 Å². The molecule has 0 saturated carbocycles. The van der Waals surface area contributed by atoms with Crippen LogP contribution in [0.5, 0.6) is 0 Å². The number of amides is 2. The normalized spacial score (nSPS) is 21.3. The van der Waals surface area contributed by atoms with Gasteiger partial charge in [0.05, 0.1) is 0 Å². The van der Waals surface area contributed by atoms with Crippen molar-refractivity contribution in [3.63, 3.8) is 0 Å². The summed E-state index contributed by atoms with van der Waals surface area (Å²) in [5.41, 5.74) is 0. The van der Waals surface area contributed by atoms with Crippen molar-refractivity contribution >= 4 is 49.5 Å². The third-order valence-corrected chi connectivity index (χ3v) is 6.91. The number of dihydropyridines is 1. The van der Waals surface area contributed by atoms with Crippen LogP contribution in [0.1, 0.15) is 19.3 Å². The highest BCUT2D eigenvalue weighted by Gasteiger charge is 2.39. The number of hydrogen-bond donors (Lipinski definition) is 2. The first-order valence-electron chi connectivity index (χ1n) is 7.20. The van der Waals surface area contributed by atoms with Crippen LogP contribution in [0.2, 0.25) is 0 Å². The Morgan fingerprint density at radius 3 is 2.60 bits per heavy atom. The van der Waals surface area contributed by atoms with Crippen molar-refractivity contribution in [1.29, 1.82) is 0 Å². The summed E-state index contributed by atoms with van der Waals surface area (Å²) in [6.07, 6.45) is 6.91. The lowest BCUT2D eigenvalue weighted by Gasteiger charge is -2.18. The molecular weight excluding hydrogens is 392 g/mol. The Balaban J connectivity index is 1.86. The SMILES string of the molecule is O=C(ON1C(=O)CCC1=O)C(CCSSC1C=CC=CN1)S(=O)(=O)O. The first-order valence-corrected chi connectivity index (χ1v) is 11.1. The maximum Gasteiger partial charge on any atom is 0.353 e. The molecule has 0 aromatic rings. The van der Waals surface area contributed by atoms with E-state index >= 15 is 0 Å². The molecule has 2 heterocycles. The van der Waals surface area contributed by atoms with Gasteiger partial charge in [0, 0.05) is 18.6 Å². The van der Waals surface area contributed by atoms with Crippen LogP contribution in [0, 0.1) is 0 Å². The molecule has 2 unspecified atom stereocenters. The second kappa shape index (κ2) is 8.74. The third kappa shape index (κ3) is 5.76. The van der Waals surface area contributed by atoms with E-state index in [4.69, 9.17) is 0 Å². The molecule has 2 atom stereocenters. The molecule has 2 rings (SSSR count). The second-order valence-electron chi connectivity index (χ2n) is 5.03. The minimum atomic E-state index is -4.73. The standard InChI is InChI=1S/C13H16N2O7S3/c16-11-4-5-12(17)15(11)22-13(18)9(25(19,20)21)6-8-23-24-10-3-1-2-7-14-10/h1-3,7,9-10,14H,4-6,8H2,(H,19,20,21). The summed E-state index contributed by atoms with van der Waals surface area (Å²) in [5, 5.41) is 1.45. The van der Waals surface area contributed by atoms with Crippen LogP contribution in [-0.2, 0) is 29.3 Å². The van der Waals surface area contributed by atoms with Crippen LogP contribution >= 0.6 is 21.6 Å². The van der Waals surface area contributed by atoms with Gasteiger partial charge >= 0.3 is 5.97 Å². The van der Waals surface area contributed by atoms with E-state index < -0.39 is 33.2 Å². The number of rotatable bonds is 8. The molecule has 9 nitrogen and oxygen atoms in total. The van der Waals surface area contributed by atoms with Gasteiger partial charge in [-0.25, -0.2) is 4.79 Å². The van der Waals surface area contributed by atoms with E-state index in [2.05, 4.69) is 10.2 Å². The van der Waals surface area contributed by atoms with Gasteiger partial charge in [-0.15, -0.1) is 5.06 Å². The fourth-order valence-corrected chi connectivity index (χ4v) is 5.05. The number of carbonyl (C=O) groups excluding carboxylic acids is 3. The Morgan fingerprint density at radius 1 is 1.36 bits per heavy atom. The van der Waals surface area contributed by atoms with Crippen LogP contribution in [0.25, 0.3) is 0 Å². The largest absolute Gasteiger partial charge is 0.375 e. The summed E-state index contributed by atoms with van der Waals surface area (Å²) in [6.45, 7) is 0. The van der Waals surface area contributed by atoms with Gasteiger partial charge in [-0.1, -0.05) is 33.7 Å². The fraction of sp³-hybridized carbons (Fsp3) is 0.462. The van der Waals surface area contributed by atoms with Gasteiger partial charge in [0.25, 0.3) is 21.9 Å². The molecule has 0 bridgehead atoms. The minimum absolute atomic E-state index is 0.00554. The molecular formula is C13H16N2O7S3. The van der Waals surface area contributed by atoms with E-state index in [1.165, 1.54) is 21.6 Å². The Bertz CT molecular complexity index is 688. The molecule has 138 valence electrons. The van der Waals surface area contributed by atoms with Crippen LogP contribution in [0.15, 0.2) is 24.4 Å². The highest BCUT2D eigenvalue weighted by molar-refractivity contribution is 8.77. The average Bonchev–Trinajstić information content (AvgIpc) is 2.86. The second-order valence-corrected chi connectivity index (χ2v) is 9.26. The van der Waals surface area contributed by atoms with E-state index in [1.807, 2.05) is 18.2 Å². The lowest BCUT2D eigenvalue weighted by molar-refractivity contribution is -0.197. The molecule has 2 aliphatic heterocycles. The zero-order valence-corrected chi connectivity index (χ0v) is 15.3. The van der Waals surface area contributed by atoms with Gasteiger partial charge in [-0.3, -0.25) is 14.1 Å². The molecule has 2 N–H and O–H groups in total. The number of imide groups is 1. The predicted molar refractivity (Wildman–Crippen MR) is 92.4 cm³/mol. The Kier molecular flexibility index (Phi) is 6.93. The van der Waals surface area contributed by atoms with Crippen LogP contribution in [0.4, 0.5) is 0 Å². The van der Waals surface area contributed by atoms with Crippen molar-refractivity contribution in [1.82, 2.24) is 10.4 Å². The number of allylic oxidation sites excluding steroid dienone is 2. The zero-order valence-electron chi connectivity index (χ0n) is 12.9. The number of hydroxylamine groups is 2. The Labute approximate surface area is 152 Å². The molecule has 1 saturated heterocycles. The quantitative estimate of drug-likeness (QED) is 0.255. The molecule has 25 heavy (non-hydrogen) atoms. The van der Waals surface area contributed by atoms with Crippen LogP contribution in [0.3, 0.4) is 0 Å². The summed E-state index contributed by atoms with van der Waals surface area (Å²) in [4.78, 5) is 39.4. The third-order valence-electron chi connectivity index (χ3n) is 3.20. The highest BCUT2D eigenvalue weighted by Crippen LogP contribution is 2.29. The molecule has 2 aliphatic rings. The maximum absolute atomic E-state index is 12.0. The molecule has 0 radical (unpaired) electrons. The van der Waals surface area contributed by atoms with Gasteiger partial charge in [0.15, 0.2) is 5.25 Å². The van der Waals surface area contributed by atoms with Gasteiger partial charge in [0.2, 0.25) is 0 Å². The average molecular weight is 408 g/mol. The predicted octanol–water partition coefficient (Wildman–Crippen LogP) is 0.621. The summed E-state index contributed by atoms with van der Waals surface area (Å²) in [7, 11) is -2.01. The van der Waals surface area contributed by atoms with E-state index in [1.54, 1.807) is 6.20 Å². The van der Waals surface area contributed by atoms with Crippen molar-refractivity contribution in [3.8, 4) is 0 Å². The number of nitrogens with one attached hydrogen (secondary N) is 1. The highest BCUT2D eigenvalue weighted by atomic mass is 33.1. The Hall–Kier alpha value is -1.50. The first kappa shape index (κ1) is 19.8. The van der Waals surface area contributed by atoms with Crippen molar-refractivity contribution in [3.05, 3.63) is 24.4 Å². The minimum Gasteiger partial charge on any atom is -0.375 e. The summed E-state index contributed by atoms with van der Waals surface area (Å²) in [6, 6.07) is 0. The maximum atomic E-state index is 12.0. The monoisotopic (exact) mass is 408 g/mol. The van der Waals surface area contributed by atoms with E-state index in [9.17, 15) is 27.4 Å². The lowest BCUT2D eigenvalue weighted by atomic mass is 10.3. The molecule has 0 spiro atoms. The number of hydrogen-bond acceptors (Lipinski definition) is 9. The zero-order chi connectivity index (χ0) is 18.4. The van der Waals surface area contributed by atoms with Crippen molar-refractivity contribution < 1.29 is 32.2 Å². The molecule has 0 aromatic carbocycles. The Morgan fingerprint density at radius 2 is 2.04 bits per heavy atom. The number of nitrogens with zero attached hydrogens (tertiary/aromatic N) is 1. The van der Waals surface area contributed by atoms with E-state index in [0.717, 1.165) is 0 Å². The summed E-state index contributed by atoms with van der Waals surface area (Å²) >= 11 is 0. The molecule has 2 amide bonds. The van der Waals surface area contributed by atoms with Crippen molar-refractivity contribution in [2.75, 3.05) is 5.75 Å². The van der Waals surface area contributed by atoms with Gasteiger partial charge in [-0.2, -0.15) is 8.42 Å². The van der Waals surface area contributed by atoms with Crippen LogP contribution in [-0.4, -0.2) is 52.2 Å². The molecule has 0 aliphatic carbocycles. The topological polar surface area (TPSA) is 130 Å². The molecule has 0 aromatic heterocycles. The van der Waals surface area contributed by atoms with E-state index in [0.29, 0.717) is 0 Å². The number of carbonyl (C=O) groups is 3. The van der Waals surface area contributed by atoms with Gasteiger partial charge < -0.3 is 10.2 Å². The van der Waals surface area contributed by atoms with Crippen LogP contribution < -0.4 is 5.32 Å². The van der Waals surface area contributed by atoms with Crippen molar-refractivity contribution in [2.24, 2.45) is 0 Å². The summed E-state index contributed by atoms with van der Waals surface area (Å²) < 4.78 is 32.1. The lowest BCUT2D eigenvalue weighted by Crippen LogP contribution is -2.39. The fourth-order valence-electron chi connectivity index (χ4n) is 1.96. The van der Waals surface area contributed by atoms with Gasteiger partial charge in [-0.05, 0) is 18.7 Å². The molecule has 1 fully saturated rings. The van der Waals surface area contributed by atoms with E-state index in [-0.39, 0.29) is 35.5 Å². The molecule has 12 heteroatoms. The first-order chi connectivity index (χ1) is 11.8. The van der Waals surface area contributed by atoms with Gasteiger partial charge in [0.1, 0.15) is 5.37 Å². The smallest absolute Gasteiger partial charge is 0.353 e.